The molecule has 0 saturated carbocycles. The number of hydrogen-bond acceptors (Lipinski definition) is 4. The van der Waals surface area contributed by atoms with Crippen LogP contribution >= 0.6 is 0 Å². The molecule has 5 nitrogen and oxygen atoms in total. The fraction of sp³-hybridized carbons (Fsp3) is 0. The van der Waals surface area contributed by atoms with Crippen molar-refractivity contribution in [3.05, 3.63) is 200 Å². The van der Waals surface area contributed by atoms with Gasteiger partial charge in [0.1, 0.15) is 5.69 Å². The Bertz CT molecular complexity index is 2900. The minimum absolute atomic E-state index is 0.702. The van der Waals surface area contributed by atoms with Crippen LogP contribution in [0.3, 0.4) is 0 Å². The lowest BCUT2D eigenvalue weighted by Gasteiger charge is -2.14. The maximum absolute atomic E-state index is 5.20. The van der Waals surface area contributed by atoms with E-state index in [0.29, 0.717) is 5.82 Å². The van der Waals surface area contributed by atoms with Crippen molar-refractivity contribution in [1.82, 2.24) is 24.5 Å². The molecule has 0 aliphatic rings. The third-order valence-corrected chi connectivity index (χ3v) is 10.1. The van der Waals surface area contributed by atoms with Crippen LogP contribution in [0.25, 0.3) is 95.2 Å². The Hall–Kier alpha value is -7.50. The summed E-state index contributed by atoms with van der Waals surface area (Å²) in [7, 11) is 0. The molecule has 0 unspecified atom stereocenters. The number of nitrogens with zero attached hydrogens (tertiary/aromatic N) is 5. The Morgan fingerprint density at radius 3 is 1.85 bits per heavy atom. The molecule has 0 bridgehead atoms. The molecule has 0 atom stereocenters. The van der Waals surface area contributed by atoms with Gasteiger partial charge in [-0.3, -0.25) is 9.55 Å². The molecule has 0 amide bonds. The predicted octanol–water partition coefficient (Wildman–Crippen LogP) is 12.4. The molecule has 10 rings (SSSR count). The monoisotopic (exact) mass is 703 g/mol. The smallest absolute Gasteiger partial charge is 0.164 e. The van der Waals surface area contributed by atoms with Crippen molar-refractivity contribution in [2.75, 3.05) is 0 Å². The summed E-state index contributed by atoms with van der Waals surface area (Å²) < 4.78 is 2.19. The summed E-state index contributed by atoms with van der Waals surface area (Å²) >= 11 is 0. The number of benzene rings is 7. The highest BCUT2D eigenvalue weighted by Crippen LogP contribution is 2.37. The van der Waals surface area contributed by atoms with Crippen molar-refractivity contribution in [1.29, 1.82) is 0 Å². The first-order valence-electron chi connectivity index (χ1n) is 18.4. The zero-order chi connectivity index (χ0) is 36.6. The Labute approximate surface area is 318 Å². The summed E-state index contributed by atoms with van der Waals surface area (Å²) in [5.41, 5.74) is 13.2. The van der Waals surface area contributed by atoms with E-state index in [9.17, 15) is 0 Å². The predicted molar refractivity (Wildman–Crippen MR) is 225 cm³/mol. The van der Waals surface area contributed by atoms with Crippen molar-refractivity contribution < 1.29 is 0 Å². The van der Waals surface area contributed by atoms with Crippen LogP contribution in [0.1, 0.15) is 0 Å². The summed E-state index contributed by atoms with van der Waals surface area (Å²) in [4.78, 5) is 19.8. The SMILES string of the molecule is c1ccc(-c2cc(-c3cc(-c4cccc(-c5ccc(-n6c(-c7ccccn7)nc7ccccc76)cc5)c4)cc4ccccc34)nc(-c3ccccc3)n2)cc1. The minimum atomic E-state index is 0.702. The molecular formula is C50H33N5. The van der Waals surface area contributed by atoms with E-state index in [1.807, 2.05) is 60.8 Å². The quantitative estimate of drug-likeness (QED) is 0.166. The lowest BCUT2D eigenvalue weighted by Crippen LogP contribution is -1.98. The molecule has 3 heterocycles. The van der Waals surface area contributed by atoms with Gasteiger partial charge in [0.25, 0.3) is 0 Å². The number of imidazole rings is 1. The minimum Gasteiger partial charge on any atom is -0.291 e. The van der Waals surface area contributed by atoms with Gasteiger partial charge in [-0.05, 0) is 93.7 Å². The van der Waals surface area contributed by atoms with E-state index in [1.54, 1.807) is 0 Å². The van der Waals surface area contributed by atoms with Gasteiger partial charge in [-0.1, -0.05) is 133 Å². The maximum Gasteiger partial charge on any atom is 0.164 e. The highest BCUT2D eigenvalue weighted by atomic mass is 15.1. The van der Waals surface area contributed by atoms with Crippen LogP contribution in [0.4, 0.5) is 0 Å². The van der Waals surface area contributed by atoms with Gasteiger partial charge in [0.15, 0.2) is 11.6 Å². The molecule has 55 heavy (non-hydrogen) atoms. The molecule has 0 fully saturated rings. The molecule has 0 spiro atoms. The molecule has 7 aromatic carbocycles. The lowest BCUT2D eigenvalue weighted by molar-refractivity contribution is 1.08. The van der Waals surface area contributed by atoms with E-state index >= 15 is 0 Å². The molecule has 0 radical (unpaired) electrons. The van der Waals surface area contributed by atoms with E-state index in [0.717, 1.165) is 89.3 Å². The van der Waals surface area contributed by atoms with E-state index in [-0.39, 0.29) is 0 Å². The topological polar surface area (TPSA) is 56.5 Å². The third-order valence-electron chi connectivity index (χ3n) is 10.1. The van der Waals surface area contributed by atoms with Crippen molar-refractivity contribution in [3.63, 3.8) is 0 Å². The van der Waals surface area contributed by atoms with Crippen LogP contribution in [0.15, 0.2) is 200 Å². The van der Waals surface area contributed by atoms with Crippen LogP contribution < -0.4 is 0 Å². The van der Waals surface area contributed by atoms with Crippen molar-refractivity contribution >= 4 is 21.8 Å². The van der Waals surface area contributed by atoms with E-state index < -0.39 is 0 Å². The normalized spacial score (nSPS) is 11.3. The van der Waals surface area contributed by atoms with Gasteiger partial charge in [0.05, 0.1) is 22.4 Å². The fourth-order valence-electron chi connectivity index (χ4n) is 7.38. The zero-order valence-corrected chi connectivity index (χ0v) is 29.8. The van der Waals surface area contributed by atoms with E-state index in [4.69, 9.17) is 15.0 Å². The molecule has 10 aromatic rings. The second-order valence-corrected chi connectivity index (χ2v) is 13.5. The standard InChI is InChI=1S/C50H33N5/c1-3-14-35(15-4-1)46-33-47(53-49(52-46)36-16-5-2-6-17-36)43-32-40(31-39-18-7-8-21-42(39)43)38-20-13-19-37(30-38)34-25-27-41(28-26-34)55-48-24-10-9-22-44(48)54-50(55)45-23-11-12-29-51-45/h1-33H. The van der Waals surface area contributed by atoms with Crippen LogP contribution in [0.2, 0.25) is 0 Å². The Kier molecular flexibility index (Phi) is 8.08. The largest absolute Gasteiger partial charge is 0.291 e. The van der Waals surface area contributed by atoms with E-state index in [1.165, 1.54) is 0 Å². The first-order valence-corrected chi connectivity index (χ1v) is 18.4. The number of rotatable bonds is 7. The summed E-state index contributed by atoms with van der Waals surface area (Å²) in [5, 5.41) is 2.30. The van der Waals surface area contributed by atoms with E-state index in [2.05, 4.69) is 149 Å². The van der Waals surface area contributed by atoms with Gasteiger partial charge in [0.2, 0.25) is 0 Å². The fourth-order valence-corrected chi connectivity index (χ4v) is 7.38. The first-order chi connectivity index (χ1) is 27.2. The number of hydrogen-bond donors (Lipinski definition) is 0. The third kappa shape index (κ3) is 6.14. The van der Waals surface area contributed by atoms with Crippen LogP contribution in [0.5, 0.6) is 0 Å². The summed E-state index contributed by atoms with van der Waals surface area (Å²) in [6, 6.07) is 67.4. The van der Waals surface area contributed by atoms with Gasteiger partial charge >= 0.3 is 0 Å². The molecule has 0 aliphatic carbocycles. The van der Waals surface area contributed by atoms with Gasteiger partial charge in [-0.15, -0.1) is 0 Å². The van der Waals surface area contributed by atoms with Gasteiger partial charge < -0.3 is 0 Å². The lowest BCUT2D eigenvalue weighted by atomic mass is 9.93. The number of fused-ring (bicyclic) bond motifs is 2. The van der Waals surface area contributed by atoms with Gasteiger partial charge in [-0.25, -0.2) is 15.0 Å². The molecular weight excluding hydrogens is 671 g/mol. The highest BCUT2D eigenvalue weighted by Gasteiger charge is 2.17. The van der Waals surface area contributed by atoms with Crippen molar-refractivity contribution in [3.8, 4) is 73.4 Å². The number of pyridine rings is 1. The molecule has 5 heteroatoms. The highest BCUT2D eigenvalue weighted by molar-refractivity contribution is 6.00. The van der Waals surface area contributed by atoms with Crippen LogP contribution in [-0.2, 0) is 0 Å². The molecule has 0 saturated heterocycles. The molecule has 0 N–H and O–H groups in total. The average Bonchev–Trinajstić information content (AvgIpc) is 3.67. The number of aromatic nitrogens is 5. The second-order valence-electron chi connectivity index (χ2n) is 13.5. The van der Waals surface area contributed by atoms with Crippen molar-refractivity contribution in [2.45, 2.75) is 0 Å². The van der Waals surface area contributed by atoms with Gasteiger partial charge in [0, 0.05) is 28.6 Å². The van der Waals surface area contributed by atoms with Crippen molar-refractivity contribution in [2.24, 2.45) is 0 Å². The maximum atomic E-state index is 5.20. The Morgan fingerprint density at radius 1 is 0.382 bits per heavy atom. The summed E-state index contributed by atoms with van der Waals surface area (Å²) in [6.07, 6.45) is 1.81. The molecule has 0 aliphatic heterocycles. The number of para-hydroxylation sites is 2. The Balaban J connectivity index is 1.06. The zero-order valence-electron chi connectivity index (χ0n) is 29.8. The van der Waals surface area contributed by atoms with Crippen LogP contribution in [0, 0.1) is 0 Å². The Morgan fingerprint density at radius 2 is 1.05 bits per heavy atom. The molecule has 3 aromatic heterocycles. The average molecular weight is 704 g/mol. The van der Waals surface area contributed by atoms with Gasteiger partial charge in [-0.2, -0.15) is 0 Å². The summed E-state index contributed by atoms with van der Waals surface area (Å²) in [5.74, 6) is 1.52. The first kappa shape index (κ1) is 32.2. The van der Waals surface area contributed by atoms with Crippen LogP contribution in [-0.4, -0.2) is 24.5 Å². The molecule has 258 valence electrons. The second kappa shape index (κ2) is 13.8. The summed E-state index contributed by atoms with van der Waals surface area (Å²) in [6.45, 7) is 0.